The maximum Gasteiger partial charge on any atom is 0.416 e. The molecule has 29 heavy (non-hydrogen) atoms. The molecule has 0 fully saturated rings. The lowest BCUT2D eigenvalue weighted by atomic mass is 9.71. The van der Waals surface area contributed by atoms with Crippen LogP contribution in [0.5, 0.6) is 0 Å². The fraction of sp³-hybridized carbons (Fsp3) is 0.227. The minimum absolute atomic E-state index is 0.00431. The summed E-state index contributed by atoms with van der Waals surface area (Å²) in [5.41, 5.74) is 5.32. The maximum absolute atomic E-state index is 14.2. The SMILES string of the molecule is CCC(c1ccccc1)C(N)(c1cc(F)cc(C(F)(F)F)c1)c1ccc(Cl)cn1. The van der Waals surface area contributed by atoms with Gasteiger partial charge in [-0.2, -0.15) is 13.2 Å². The highest BCUT2D eigenvalue weighted by Gasteiger charge is 2.42. The number of aromatic nitrogens is 1. The zero-order valence-electron chi connectivity index (χ0n) is 15.5. The number of nitrogens with two attached hydrogens (primary N) is 1. The summed E-state index contributed by atoms with van der Waals surface area (Å²) in [5, 5.41) is 0.360. The third-order valence-electron chi connectivity index (χ3n) is 5.01. The average Bonchev–Trinajstić information content (AvgIpc) is 2.68. The van der Waals surface area contributed by atoms with Gasteiger partial charge in [-0.1, -0.05) is 48.9 Å². The van der Waals surface area contributed by atoms with E-state index in [4.69, 9.17) is 17.3 Å². The lowest BCUT2D eigenvalue weighted by Crippen LogP contribution is -2.45. The number of benzene rings is 2. The lowest BCUT2D eigenvalue weighted by Gasteiger charge is -2.38. The van der Waals surface area contributed by atoms with Gasteiger partial charge in [0.25, 0.3) is 0 Å². The molecule has 3 rings (SSSR count). The zero-order valence-corrected chi connectivity index (χ0v) is 16.3. The highest BCUT2D eigenvalue weighted by atomic mass is 35.5. The predicted molar refractivity (Wildman–Crippen MR) is 105 cm³/mol. The van der Waals surface area contributed by atoms with Crippen molar-refractivity contribution in [3.05, 3.63) is 100 Å². The van der Waals surface area contributed by atoms with Crippen LogP contribution in [-0.4, -0.2) is 4.98 Å². The van der Waals surface area contributed by atoms with Crippen LogP contribution in [0.15, 0.2) is 66.9 Å². The van der Waals surface area contributed by atoms with Gasteiger partial charge < -0.3 is 5.73 Å². The fourth-order valence-electron chi connectivity index (χ4n) is 3.65. The van der Waals surface area contributed by atoms with Crippen LogP contribution in [0.3, 0.4) is 0 Å². The molecule has 0 bridgehead atoms. The first-order valence-electron chi connectivity index (χ1n) is 9.00. The minimum Gasteiger partial charge on any atom is -0.316 e. The third kappa shape index (κ3) is 4.28. The monoisotopic (exact) mass is 422 g/mol. The first-order valence-corrected chi connectivity index (χ1v) is 9.38. The highest BCUT2D eigenvalue weighted by Crippen LogP contribution is 2.43. The van der Waals surface area contributed by atoms with Gasteiger partial charge in [0.05, 0.1) is 21.8 Å². The highest BCUT2D eigenvalue weighted by molar-refractivity contribution is 6.30. The standard InChI is InChI=1S/C22H19ClF4N2/c1-2-19(14-6-4-3-5-7-14)21(28,20-9-8-17(23)13-29-20)15-10-16(22(25,26)27)12-18(24)11-15/h3-13,19H,2,28H2,1H3. The number of pyridine rings is 1. The quantitative estimate of drug-likeness (QED) is 0.491. The van der Waals surface area contributed by atoms with E-state index in [0.717, 1.165) is 17.7 Å². The van der Waals surface area contributed by atoms with Crippen LogP contribution >= 0.6 is 11.6 Å². The number of alkyl halides is 3. The van der Waals surface area contributed by atoms with Crippen molar-refractivity contribution in [1.82, 2.24) is 4.98 Å². The number of halogens is 5. The molecular formula is C22H19ClF4N2. The number of rotatable bonds is 5. The van der Waals surface area contributed by atoms with Gasteiger partial charge in [0.15, 0.2) is 0 Å². The van der Waals surface area contributed by atoms with Crippen LogP contribution in [0.4, 0.5) is 17.6 Å². The van der Waals surface area contributed by atoms with E-state index in [9.17, 15) is 17.6 Å². The molecule has 7 heteroatoms. The number of hydrogen-bond acceptors (Lipinski definition) is 2. The molecule has 0 aliphatic rings. The van der Waals surface area contributed by atoms with Gasteiger partial charge >= 0.3 is 6.18 Å². The molecule has 1 aromatic heterocycles. The van der Waals surface area contributed by atoms with E-state index in [1.165, 1.54) is 6.20 Å². The second-order valence-corrected chi connectivity index (χ2v) is 7.26. The van der Waals surface area contributed by atoms with Crippen molar-refractivity contribution in [2.24, 2.45) is 5.73 Å². The molecule has 0 aliphatic carbocycles. The van der Waals surface area contributed by atoms with Gasteiger partial charge in [0.1, 0.15) is 5.82 Å². The Labute approximate surface area is 171 Å². The van der Waals surface area contributed by atoms with Crippen molar-refractivity contribution >= 4 is 11.6 Å². The lowest BCUT2D eigenvalue weighted by molar-refractivity contribution is -0.137. The topological polar surface area (TPSA) is 38.9 Å². The van der Waals surface area contributed by atoms with Crippen molar-refractivity contribution in [2.75, 3.05) is 0 Å². The van der Waals surface area contributed by atoms with Crippen molar-refractivity contribution < 1.29 is 17.6 Å². The Kier molecular flexibility index (Phi) is 5.96. The van der Waals surface area contributed by atoms with Crippen LogP contribution < -0.4 is 5.73 Å². The van der Waals surface area contributed by atoms with Crippen molar-refractivity contribution in [3.63, 3.8) is 0 Å². The third-order valence-corrected chi connectivity index (χ3v) is 5.24. The van der Waals surface area contributed by atoms with Crippen LogP contribution in [0, 0.1) is 5.82 Å². The summed E-state index contributed by atoms with van der Waals surface area (Å²) in [6.45, 7) is 1.87. The van der Waals surface area contributed by atoms with Crippen molar-refractivity contribution in [2.45, 2.75) is 31.0 Å². The molecule has 3 aromatic rings. The van der Waals surface area contributed by atoms with E-state index >= 15 is 0 Å². The molecule has 2 N–H and O–H groups in total. The molecule has 0 saturated heterocycles. The Balaban J connectivity index is 2.29. The summed E-state index contributed by atoms with van der Waals surface area (Å²) in [6, 6.07) is 14.7. The zero-order chi connectivity index (χ0) is 21.2. The molecule has 1 heterocycles. The maximum atomic E-state index is 14.2. The van der Waals surface area contributed by atoms with E-state index in [1.807, 2.05) is 37.3 Å². The second-order valence-electron chi connectivity index (χ2n) is 6.83. The summed E-state index contributed by atoms with van der Waals surface area (Å²) in [4.78, 5) is 4.28. The molecule has 0 spiro atoms. The Bertz CT molecular complexity index is 974. The van der Waals surface area contributed by atoms with E-state index in [1.54, 1.807) is 12.1 Å². The predicted octanol–water partition coefficient (Wildman–Crippen LogP) is 6.29. The summed E-state index contributed by atoms with van der Waals surface area (Å²) in [7, 11) is 0. The van der Waals surface area contributed by atoms with E-state index in [-0.39, 0.29) is 5.56 Å². The normalized spacial score (nSPS) is 15.0. The largest absolute Gasteiger partial charge is 0.416 e. The van der Waals surface area contributed by atoms with E-state index < -0.39 is 29.0 Å². The van der Waals surface area contributed by atoms with E-state index in [2.05, 4.69) is 4.98 Å². The number of hydrogen-bond donors (Lipinski definition) is 1. The Morgan fingerprint density at radius 2 is 1.66 bits per heavy atom. The molecule has 2 aromatic carbocycles. The van der Waals surface area contributed by atoms with Gasteiger partial charge in [-0.15, -0.1) is 0 Å². The number of nitrogens with zero attached hydrogens (tertiary/aromatic N) is 1. The van der Waals surface area contributed by atoms with Gasteiger partial charge in [-0.05, 0) is 47.9 Å². The van der Waals surface area contributed by atoms with Gasteiger partial charge in [0.2, 0.25) is 0 Å². The molecule has 0 amide bonds. The molecule has 0 saturated carbocycles. The summed E-state index contributed by atoms with van der Waals surface area (Å²) >= 11 is 5.94. The first kappa shape index (κ1) is 21.3. The molecule has 2 unspecified atom stereocenters. The summed E-state index contributed by atoms with van der Waals surface area (Å²) < 4.78 is 54.3. The van der Waals surface area contributed by atoms with Crippen LogP contribution in [0.25, 0.3) is 0 Å². The Hall–Kier alpha value is -2.44. The molecule has 2 nitrogen and oxygen atoms in total. The molecule has 0 aliphatic heterocycles. The molecule has 152 valence electrons. The van der Waals surface area contributed by atoms with Gasteiger partial charge in [-0.3, -0.25) is 4.98 Å². The second kappa shape index (κ2) is 8.13. The smallest absolute Gasteiger partial charge is 0.316 e. The Morgan fingerprint density at radius 3 is 2.21 bits per heavy atom. The van der Waals surface area contributed by atoms with Crippen molar-refractivity contribution in [1.29, 1.82) is 0 Å². The van der Waals surface area contributed by atoms with Gasteiger partial charge in [-0.25, -0.2) is 4.39 Å². The Morgan fingerprint density at radius 1 is 1.00 bits per heavy atom. The van der Waals surface area contributed by atoms with E-state index in [0.29, 0.717) is 23.2 Å². The van der Waals surface area contributed by atoms with Crippen molar-refractivity contribution in [3.8, 4) is 0 Å². The minimum atomic E-state index is -4.71. The fourth-order valence-corrected chi connectivity index (χ4v) is 3.76. The average molecular weight is 423 g/mol. The molecule has 2 atom stereocenters. The first-order chi connectivity index (χ1) is 13.7. The summed E-state index contributed by atoms with van der Waals surface area (Å²) in [5.74, 6) is -1.47. The molecular weight excluding hydrogens is 404 g/mol. The van der Waals surface area contributed by atoms with Crippen LogP contribution in [-0.2, 0) is 11.7 Å². The summed E-state index contributed by atoms with van der Waals surface area (Å²) in [6.07, 6.45) is -2.84. The molecule has 0 radical (unpaired) electrons. The van der Waals surface area contributed by atoms with Crippen LogP contribution in [0.2, 0.25) is 5.02 Å². The van der Waals surface area contributed by atoms with Gasteiger partial charge in [0, 0.05) is 12.1 Å². The van der Waals surface area contributed by atoms with Crippen LogP contribution in [0.1, 0.15) is 41.6 Å².